The molecule has 3 nitrogen and oxygen atoms in total. The summed E-state index contributed by atoms with van der Waals surface area (Å²) in [5.74, 6) is 0.578. The summed E-state index contributed by atoms with van der Waals surface area (Å²) in [6, 6.07) is 0.424. The molecule has 0 bridgehead atoms. The molecule has 3 heteroatoms. The van der Waals surface area contributed by atoms with E-state index in [4.69, 9.17) is 0 Å². The predicted molar refractivity (Wildman–Crippen MR) is 68.6 cm³/mol. The molecule has 0 aromatic carbocycles. The van der Waals surface area contributed by atoms with Gasteiger partial charge in [0.2, 0.25) is 0 Å². The molecular weight excluding hydrogens is 198 g/mol. The summed E-state index contributed by atoms with van der Waals surface area (Å²) in [6.07, 6.45) is 4.04. The van der Waals surface area contributed by atoms with Gasteiger partial charge in [-0.25, -0.2) is 0 Å². The molecule has 0 radical (unpaired) electrons. The lowest BCUT2D eigenvalue weighted by Crippen LogP contribution is -2.41. The highest BCUT2D eigenvalue weighted by atomic mass is 15.3. The fourth-order valence-corrected chi connectivity index (χ4v) is 1.66. The molecule has 0 spiro atoms. The number of rotatable bonds is 4. The third-order valence-electron chi connectivity index (χ3n) is 2.68. The summed E-state index contributed by atoms with van der Waals surface area (Å²) in [6.45, 7) is 14.1. The van der Waals surface area contributed by atoms with Crippen molar-refractivity contribution in [2.75, 3.05) is 6.54 Å². The fraction of sp³-hybridized carbons (Fsp3) is 0.769. The van der Waals surface area contributed by atoms with Crippen LogP contribution in [0.2, 0.25) is 0 Å². The van der Waals surface area contributed by atoms with Crippen LogP contribution in [-0.4, -0.2) is 21.9 Å². The summed E-state index contributed by atoms with van der Waals surface area (Å²) < 4.78 is 2.08. The van der Waals surface area contributed by atoms with Crippen LogP contribution >= 0.6 is 0 Å². The van der Waals surface area contributed by atoms with Crippen LogP contribution < -0.4 is 5.32 Å². The third-order valence-corrected chi connectivity index (χ3v) is 2.68. The Labute approximate surface area is 99.2 Å². The Hall–Kier alpha value is -0.830. The second-order valence-electron chi connectivity index (χ2n) is 5.94. The van der Waals surface area contributed by atoms with Gasteiger partial charge in [0.15, 0.2) is 0 Å². The smallest absolute Gasteiger partial charge is 0.0666 e. The van der Waals surface area contributed by atoms with Crippen molar-refractivity contribution in [3.63, 3.8) is 0 Å². The fourth-order valence-electron chi connectivity index (χ4n) is 1.66. The van der Waals surface area contributed by atoms with Crippen molar-refractivity contribution in [1.29, 1.82) is 0 Å². The average Bonchev–Trinajstić information content (AvgIpc) is 2.49. The van der Waals surface area contributed by atoms with E-state index in [1.54, 1.807) is 0 Å². The lowest BCUT2D eigenvalue weighted by Gasteiger charge is -2.27. The second kappa shape index (κ2) is 5.00. The van der Waals surface area contributed by atoms with E-state index in [9.17, 15) is 0 Å². The minimum absolute atomic E-state index is 0.162. The van der Waals surface area contributed by atoms with Gasteiger partial charge in [0.05, 0.1) is 12.2 Å². The zero-order valence-electron chi connectivity index (χ0n) is 11.4. The van der Waals surface area contributed by atoms with Crippen LogP contribution in [0.1, 0.15) is 46.2 Å². The number of nitrogens with zero attached hydrogens (tertiary/aromatic N) is 2. The highest BCUT2D eigenvalue weighted by molar-refractivity contribution is 5.01. The minimum Gasteiger partial charge on any atom is -0.310 e. The van der Waals surface area contributed by atoms with Gasteiger partial charge in [0.1, 0.15) is 0 Å². The van der Waals surface area contributed by atoms with Gasteiger partial charge in [-0.2, -0.15) is 5.10 Å². The first-order valence-electron chi connectivity index (χ1n) is 6.05. The summed E-state index contributed by atoms with van der Waals surface area (Å²) in [7, 11) is 0. The average molecular weight is 223 g/mol. The zero-order valence-corrected chi connectivity index (χ0v) is 11.4. The SMILES string of the molecule is Cc1cnn(C(CNC(C)(C)C)C(C)C)c1. The number of aromatic nitrogens is 2. The molecule has 1 rings (SSSR count). The normalized spacial score (nSPS) is 14.4. The molecule has 92 valence electrons. The largest absolute Gasteiger partial charge is 0.310 e. The van der Waals surface area contributed by atoms with Gasteiger partial charge in [0.25, 0.3) is 0 Å². The first-order valence-corrected chi connectivity index (χ1v) is 6.05. The molecule has 0 saturated carbocycles. The first-order chi connectivity index (χ1) is 7.29. The van der Waals surface area contributed by atoms with Crippen molar-refractivity contribution >= 4 is 0 Å². The maximum Gasteiger partial charge on any atom is 0.0666 e. The zero-order chi connectivity index (χ0) is 12.3. The van der Waals surface area contributed by atoms with Crippen LogP contribution in [0.5, 0.6) is 0 Å². The Morgan fingerprint density at radius 2 is 2.00 bits per heavy atom. The number of hydrogen-bond donors (Lipinski definition) is 1. The van der Waals surface area contributed by atoms with E-state index in [2.05, 4.69) is 62.8 Å². The van der Waals surface area contributed by atoms with Crippen molar-refractivity contribution < 1.29 is 0 Å². The van der Waals surface area contributed by atoms with E-state index in [0.29, 0.717) is 12.0 Å². The van der Waals surface area contributed by atoms with Crippen molar-refractivity contribution in [2.45, 2.75) is 53.1 Å². The van der Waals surface area contributed by atoms with Gasteiger partial charge in [-0.15, -0.1) is 0 Å². The minimum atomic E-state index is 0.162. The number of aryl methyl sites for hydroxylation is 1. The molecule has 0 fully saturated rings. The van der Waals surface area contributed by atoms with Gasteiger partial charge in [0, 0.05) is 18.3 Å². The molecule has 1 aromatic rings. The Kier molecular flexibility index (Phi) is 4.14. The maximum atomic E-state index is 4.41. The molecule has 0 amide bonds. The van der Waals surface area contributed by atoms with Crippen LogP contribution in [0.25, 0.3) is 0 Å². The lowest BCUT2D eigenvalue weighted by atomic mass is 10.0. The molecule has 0 aliphatic carbocycles. The highest BCUT2D eigenvalue weighted by Gasteiger charge is 2.19. The van der Waals surface area contributed by atoms with E-state index in [1.807, 2.05) is 6.20 Å². The third kappa shape index (κ3) is 3.97. The molecule has 0 aliphatic rings. The van der Waals surface area contributed by atoms with Gasteiger partial charge in [-0.05, 0) is 39.2 Å². The predicted octanol–water partition coefficient (Wildman–Crippen LogP) is 2.78. The summed E-state index contributed by atoms with van der Waals surface area (Å²) in [5, 5.41) is 7.96. The Morgan fingerprint density at radius 1 is 1.38 bits per heavy atom. The lowest BCUT2D eigenvalue weighted by molar-refractivity contribution is 0.294. The number of hydrogen-bond acceptors (Lipinski definition) is 2. The van der Waals surface area contributed by atoms with Crippen LogP contribution in [0.15, 0.2) is 12.4 Å². The molecule has 1 unspecified atom stereocenters. The van der Waals surface area contributed by atoms with E-state index in [-0.39, 0.29) is 5.54 Å². The highest BCUT2D eigenvalue weighted by Crippen LogP contribution is 2.17. The maximum absolute atomic E-state index is 4.41. The van der Waals surface area contributed by atoms with Gasteiger partial charge in [-0.3, -0.25) is 4.68 Å². The number of nitrogens with one attached hydrogen (secondary N) is 1. The second-order valence-corrected chi connectivity index (χ2v) is 5.94. The van der Waals surface area contributed by atoms with Crippen LogP contribution in [-0.2, 0) is 0 Å². The van der Waals surface area contributed by atoms with Crippen molar-refractivity contribution in [2.24, 2.45) is 5.92 Å². The van der Waals surface area contributed by atoms with Crippen molar-refractivity contribution in [3.8, 4) is 0 Å². The Morgan fingerprint density at radius 3 is 2.38 bits per heavy atom. The Bertz CT molecular complexity index is 320. The standard InChI is InChI=1S/C13H25N3/c1-10(2)12(8-14-13(4,5)6)16-9-11(3)7-15-16/h7,9-10,12,14H,8H2,1-6H3. The van der Waals surface area contributed by atoms with E-state index >= 15 is 0 Å². The van der Waals surface area contributed by atoms with E-state index < -0.39 is 0 Å². The van der Waals surface area contributed by atoms with Crippen LogP contribution in [0.4, 0.5) is 0 Å². The topological polar surface area (TPSA) is 29.9 Å². The first kappa shape index (κ1) is 13.2. The molecule has 1 heterocycles. The molecular formula is C13H25N3. The quantitative estimate of drug-likeness (QED) is 0.850. The molecule has 16 heavy (non-hydrogen) atoms. The van der Waals surface area contributed by atoms with Crippen molar-refractivity contribution in [3.05, 3.63) is 18.0 Å². The summed E-state index contributed by atoms with van der Waals surface area (Å²) >= 11 is 0. The Balaban J connectivity index is 2.69. The van der Waals surface area contributed by atoms with Crippen LogP contribution in [0.3, 0.4) is 0 Å². The van der Waals surface area contributed by atoms with Crippen molar-refractivity contribution in [1.82, 2.24) is 15.1 Å². The van der Waals surface area contributed by atoms with E-state index in [0.717, 1.165) is 6.54 Å². The van der Waals surface area contributed by atoms with Gasteiger partial charge < -0.3 is 5.32 Å². The summed E-state index contributed by atoms with van der Waals surface area (Å²) in [5.41, 5.74) is 1.39. The van der Waals surface area contributed by atoms with Gasteiger partial charge >= 0.3 is 0 Å². The summed E-state index contributed by atoms with van der Waals surface area (Å²) in [4.78, 5) is 0. The molecule has 1 atom stereocenters. The van der Waals surface area contributed by atoms with Crippen LogP contribution in [0, 0.1) is 12.8 Å². The molecule has 1 N–H and O–H groups in total. The molecule has 0 saturated heterocycles. The monoisotopic (exact) mass is 223 g/mol. The molecule has 0 aliphatic heterocycles. The van der Waals surface area contributed by atoms with E-state index in [1.165, 1.54) is 5.56 Å². The molecule has 1 aromatic heterocycles. The van der Waals surface area contributed by atoms with Gasteiger partial charge in [-0.1, -0.05) is 13.8 Å².